The Hall–Kier alpha value is -1.05. The lowest BCUT2D eigenvalue weighted by molar-refractivity contribution is -0.116. The van der Waals surface area contributed by atoms with E-state index in [1.807, 2.05) is 22.6 Å². The Labute approximate surface area is 101 Å². The maximum atomic E-state index is 13.3. The Kier molecular flexibility index (Phi) is 3.72. The van der Waals surface area contributed by atoms with Gasteiger partial charge in [0.2, 0.25) is 5.91 Å². The van der Waals surface area contributed by atoms with E-state index in [1.54, 1.807) is 7.05 Å². The minimum atomic E-state index is -0.490. The molecule has 0 aliphatic heterocycles. The summed E-state index contributed by atoms with van der Waals surface area (Å²) in [6.45, 7) is 0.00420. The van der Waals surface area contributed by atoms with E-state index < -0.39 is 5.91 Å². The van der Waals surface area contributed by atoms with Crippen LogP contribution in [0, 0.1) is 9.39 Å². The van der Waals surface area contributed by atoms with Gasteiger partial charge in [0.05, 0.1) is 21.5 Å². The fourth-order valence-electron chi connectivity index (χ4n) is 1.20. The van der Waals surface area contributed by atoms with Crippen molar-refractivity contribution in [3.05, 3.63) is 21.5 Å². The van der Waals surface area contributed by atoms with Crippen LogP contribution in [0.5, 0.6) is 0 Å². The Balaban J connectivity index is 3.03. The predicted molar refractivity (Wildman–Crippen MR) is 66.0 cm³/mol. The number of hydrogen-bond acceptors (Lipinski definition) is 3. The van der Waals surface area contributed by atoms with Gasteiger partial charge in [0.1, 0.15) is 5.82 Å². The van der Waals surface area contributed by atoms with Crippen molar-refractivity contribution in [3.8, 4) is 0 Å². The largest absolute Gasteiger partial charge is 0.397 e. The molecule has 1 rings (SSSR count). The van der Waals surface area contributed by atoms with E-state index in [0.29, 0.717) is 14.9 Å². The minimum Gasteiger partial charge on any atom is -0.397 e. The fraction of sp³-hybridized carbons (Fsp3) is 0.222. The van der Waals surface area contributed by atoms with Gasteiger partial charge in [-0.15, -0.1) is 0 Å². The molecular formula is C9H11FIN3O. The van der Waals surface area contributed by atoms with Gasteiger partial charge in [0.25, 0.3) is 0 Å². The molecule has 1 amide bonds. The van der Waals surface area contributed by atoms with Crippen molar-refractivity contribution in [3.63, 3.8) is 0 Å². The van der Waals surface area contributed by atoms with E-state index >= 15 is 0 Å². The molecule has 0 aromatic heterocycles. The number of halogens is 2. The van der Waals surface area contributed by atoms with Crippen molar-refractivity contribution in [1.29, 1.82) is 0 Å². The highest BCUT2D eigenvalue weighted by molar-refractivity contribution is 14.1. The van der Waals surface area contributed by atoms with Crippen molar-refractivity contribution >= 4 is 39.9 Å². The summed E-state index contributed by atoms with van der Waals surface area (Å²) in [7, 11) is 1.63. The van der Waals surface area contributed by atoms with Gasteiger partial charge in [0.15, 0.2) is 0 Å². The molecule has 0 aliphatic carbocycles. The highest BCUT2D eigenvalue weighted by atomic mass is 127. The second-order valence-electron chi connectivity index (χ2n) is 3.15. The number of benzene rings is 1. The third-order valence-electron chi connectivity index (χ3n) is 1.87. The molecule has 0 saturated carbocycles. The number of likely N-dealkylation sites (N-methyl/N-ethyl adjacent to an activating group) is 1. The third-order valence-corrected chi connectivity index (χ3v) is 2.70. The summed E-state index contributed by atoms with van der Waals surface area (Å²) in [6.07, 6.45) is 0. The number of carbonyl (C=O) groups excluding carboxylic acids is 1. The molecule has 4 N–H and O–H groups in total. The maximum absolute atomic E-state index is 13.3. The van der Waals surface area contributed by atoms with E-state index in [4.69, 9.17) is 11.5 Å². The molecule has 0 bridgehead atoms. The Morgan fingerprint density at radius 3 is 2.73 bits per heavy atom. The number of hydrogen-bond donors (Lipinski definition) is 2. The summed E-state index contributed by atoms with van der Waals surface area (Å²) in [5.74, 6) is -0.855. The quantitative estimate of drug-likeness (QED) is 0.642. The van der Waals surface area contributed by atoms with E-state index in [2.05, 4.69) is 0 Å². The van der Waals surface area contributed by atoms with E-state index in [1.165, 1.54) is 17.0 Å². The van der Waals surface area contributed by atoms with Crippen LogP contribution in [0.2, 0.25) is 0 Å². The van der Waals surface area contributed by atoms with Crippen molar-refractivity contribution in [1.82, 2.24) is 0 Å². The highest BCUT2D eigenvalue weighted by Gasteiger charge is 2.11. The summed E-state index contributed by atoms with van der Waals surface area (Å²) in [5.41, 5.74) is 11.6. The van der Waals surface area contributed by atoms with Crippen LogP contribution in [0.4, 0.5) is 15.8 Å². The molecule has 15 heavy (non-hydrogen) atoms. The number of nitrogens with two attached hydrogens (primary N) is 2. The summed E-state index contributed by atoms with van der Waals surface area (Å²) < 4.78 is 13.7. The Morgan fingerprint density at radius 2 is 2.20 bits per heavy atom. The number of carbonyl (C=O) groups is 1. The minimum absolute atomic E-state index is 0.00420. The standard InChI is InChI=1S/C9H11FIN3O/c1-14(4-9(13)15)8-2-5(10)6(11)3-7(8)12/h2-3H,4,12H2,1H3,(H2,13,15). The molecule has 0 heterocycles. The summed E-state index contributed by atoms with van der Waals surface area (Å²) in [5, 5.41) is 0. The first kappa shape index (κ1) is 12.0. The smallest absolute Gasteiger partial charge is 0.236 e. The van der Waals surface area contributed by atoms with Crippen LogP contribution in [-0.2, 0) is 4.79 Å². The first-order valence-electron chi connectivity index (χ1n) is 4.15. The summed E-state index contributed by atoms with van der Waals surface area (Å²) in [6, 6.07) is 2.81. The Bertz CT molecular complexity index is 397. The van der Waals surface area contributed by atoms with Gasteiger partial charge in [-0.2, -0.15) is 0 Å². The first-order valence-corrected chi connectivity index (χ1v) is 5.23. The van der Waals surface area contributed by atoms with Crippen LogP contribution >= 0.6 is 22.6 Å². The second kappa shape index (κ2) is 4.65. The number of anilines is 2. The number of nitrogens with zero attached hydrogens (tertiary/aromatic N) is 1. The van der Waals surface area contributed by atoms with Gasteiger partial charge >= 0.3 is 0 Å². The van der Waals surface area contributed by atoms with Crippen molar-refractivity contribution in [2.24, 2.45) is 5.73 Å². The normalized spacial score (nSPS) is 10.1. The number of rotatable bonds is 3. The van der Waals surface area contributed by atoms with Crippen LogP contribution < -0.4 is 16.4 Å². The zero-order chi connectivity index (χ0) is 11.6. The molecule has 4 nitrogen and oxygen atoms in total. The molecule has 0 aliphatic rings. The van der Waals surface area contributed by atoms with Gasteiger partial charge < -0.3 is 16.4 Å². The number of amides is 1. The predicted octanol–water partition coefficient (Wildman–Crippen LogP) is 0.934. The molecule has 0 radical (unpaired) electrons. The van der Waals surface area contributed by atoms with Gasteiger partial charge in [0, 0.05) is 13.1 Å². The fourth-order valence-corrected chi connectivity index (χ4v) is 1.69. The molecule has 1 aromatic carbocycles. The van der Waals surface area contributed by atoms with Crippen LogP contribution in [0.25, 0.3) is 0 Å². The summed E-state index contributed by atoms with van der Waals surface area (Å²) >= 11 is 1.85. The molecule has 1 aromatic rings. The van der Waals surface area contributed by atoms with E-state index in [9.17, 15) is 9.18 Å². The molecule has 0 spiro atoms. The van der Waals surface area contributed by atoms with Gasteiger partial charge in [-0.05, 0) is 28.7 Å². The maximum Gasteiger partial charge on any atom is 0.236 e. The van der Waals surface area contributed by atoms with Crippen molar-refractivity contribution < 1.29 is 9.18 Å². The molecule has 6 heteroatoms. The monoisotopic (exact) mass is 323 g/mol. The molecule has 0 atom stereocenters. The lowest BCUT2D eigenvalue weighted by Gasteiger charge is -2.19. The Morgan fingerprint density at radius 1 is 1.60 bits per heavy atom. The molecule has 0 fully saturated rings. The zero-order valence-corrected chi connectivity index (χ0v) is 10.3. The third kappa shape index (κ3) is 2.95. The van der Waals surface area contributed by atoms with Gasteiger partial charge in [-0.3, -0.25) is 4.79 Å². The van der Waals surface area contributed by atoms with Crippen LogP contribution in [0.1, 0.15) is 0 Å². The lowest BCUT2D eigenvalue weighted by atomic mass is 10.2. The molecular weight excluding hydrogens is 312 g/mol. The van der Waals surface area contributed by atoms with Crippen molar-refractivity contribution in [2.75, 3.05) is 24.2 Å². The highest BCUT2D eigenvalue weighted by Crippen LogP contribution is 2.26. The van der Waals surface area contributed by atoms with Crippen LogP contribution in [0.15, 0.2) is 12.1 Å². The van der Waals surface area contributed by atoms with Gasteiger partial charge in [-0.25, -0.2) is 4.39 Å². The number of primary amides is 1. The summed E-state index contributed by atoms with van der Waals surface area (Å²) in [4.78, 5) is 12.2. The lowest BCUT2D eigenvalue weighted by Crippen LogP contribution is -2.31. The van der Waals surface area contributed by atoms with Crippen LogP contribution in [0.3, 0.4) is 0 Å². The van der Waals surface area contributed by atoms with Crippen LogP contribution in [-0.4, -0.2) is 19.5 Å². The second-order valence-corrected chi connectivity index (χ2v) is 4.31. The first-order chi connectivity index (χ1) is 6.91. The topological polar surface area (TPSA) is 72.3 Å². The van der Waals surface area contributed by atoms with Gasteiger partial charge in [-0.1, -0.05) is 0 Å². The average molecular weight is 323 g/mol. The number of nitrogen functional groups attached to an aromatic ring is 1. The SMILES string of the molecule is CN(CC(N)=O)c1cc(F)c(I)cc1N. The average Bonchev–Trinajstić information content (AvgIpc) is 2.09. The molecule has 0 saturated heterocycles. The molecule has 0 unspecified atom stereocenters. The van der Waals surface area contributed by atoms with E-state index in [0.717, 1.165) is 0 Å². The van der Waals surface area contributed by atoms with E-state index in [-0.39, 0.29) is 12.4 Å². The molecule has 82 valence electrons. The zero-order valence-electron chi connectivity index (χ0n) is 8.13. The van der Waals surface area contributed by atoms with Crippen molar-refractivity contribution in [2.45, 2.75) is 0 Å².